The number of H-pyrrole nitrogens is 1. The summed E-state index contributed by atoms with van der Waals surface area (Å²) in [4.78, 5) is 10.4. The number of amides is 1. The van der Waals surface area contributed by atoms with Crippen LogP contribution in [0.1, 0.15) is 5.56 Å². The van der Waals surface area contributed by atoms with E-state index >= 15 is 0 Å². The Bertz CT molecular complexity index is 354. The molecule has 5 heteroatoms. The van der Waals surface area contributed by atoms with Gasteiger partial charge in [0.25, 0.3) is 0 Å². The van der Waals surface area contributed by atoms with Gasteiger partial charge in [0, 0.05) is 6.20 Å². The van der Waals surface area contributed by atoms with Crippen LogP contribution in [0.2, 0.25) is 0 Å². The third-order valence-corrected chi connectivity index (χ3v) is 1.55. The van der Waals surface area contributed by atoms with Crippen LogP contribution in [0, 0.1) is 0 Å². The van der Waals surface area contributed by atoms with Crippen molar-refractivity contribution in [3.8, 4) is 0 Å². The van der Waals surface area contributed by atoms with Crippen molar-refractivity contribution in [2.45, 2.75) is 6.42 Å². The second-order valence-electron chi connectivity index (χ2n) is 2.79. The van der Waals surface area contributed by atoms with E-state index in [1.807, 2.05) is 30.3 Å². The van der Waals surface area contributed by atoms with E-state index in [4.69, 9.17) is 5.73 Å². The molecule has 2 aromatic rings. The van der Waals surface area contributed by atoms with Crippen LogP contribution in [-0.2, 0) is 11.2 Å². The Morgan fingerprint density at radius 1 is 1.33 bits per heavy atom. The van der Waals surface area contributed by atoms with Crippen molar-refractivity contribution in [3.05, 3.63) is 48.3 Å². The minimum absolute atomic E-state index is 0.286. The van der Waals surface area contributed by atoms with Gasteiger partial charge in [-0.15, -0.1) is 5.10 Å². The van der Waals surface area contributed by atoms with Crippen LogP contribution in [-0.4, -0.2) is 21.3 Å². The van der Waals surface area contributed by atoms with Crippen molar-refractivity contribution in [3.63, 3.8) is 0 Å². The Hall–Kier alpha value is -2.17. The Morgan fingerprint density at radius 2 is 2.07 bits per heavy atom. The Balaban J connectivity index is 0.000000187. The van der Waals surface area contributed by atoms with Gasteiger partial charge in [-0.25, -0.2) is 0 Å². The van der Waals surface area contributed by atoms with Crippen molar-refractivity contribution in [2.75, 3.05) is 0 Å². The monoisotopic (exact) mass is 204 g/mol. The molecule has 1 aromatic heterocycles. The number of hydrogen-bond acceptors (Lipinski definition) is 3. The summed E-state index contributed by atoms with van der Waals surface area (Å²) in [6.07, 6.45) is 3.57. The SMILES string of the molecule is NC(=O)Cc1ccccc1.c1c[nH]nn1. The van der Waals surface area contributed by atoms with E-state index in [-0.39, 0.29) is 5.91 Å². The number of carbonyl (C=O) groups excluding carboxylic acids is 1. The molecular formula is C10H12N4O. The number of primary amides is 1. The fourth-order valence-corrected chi connectivity index (χ4v) is 0.964. The molecule has 3 N–H and O–H groups in total. The molecule has 15 heavy (non-hydrogen) atoms. The Kier molecular flexibility index (Phi) is 4.59. The quantitative estimate of drug-likeness (QED) is 0.747. The van der Waals surface area contributed by atoms with Gasteiger partial charge < -0.3 is 5.73 Å². The molecule has 0 aliphatic carbocycles. The maximum atomic E-state index is 10.4. The molecule has 0 radical (unpaired) electrons. The third-order valence-electron chi connectivity index (χ3n) is 1.55. The summed E-state index contributed by atoms with van der Waals surface area (Å²) in [5, 5.41) is 9.26. The average molecular weight is 204 g/mol. The number of carbonyl (C=O) groups is 1. The predicted molar refractivity (Wildman–Crippen MR) is 55.7 cm³/mol. The molecule has 78 valence electrons. The molecule has 0 bridgehead atoms. The van der Waals surface area contributed by atoms with Crippen molar-refractivity contribution in [2.24, 2.45) is 5.73 Å². The standard InChI is InChI=1S/C8H9NO.C2H3N3/c9-8(10)6-7-4-2-1-3-5-7;1-2-4-5-3-1/h1-5H,6H2,(H2,9,10);1-2H,(H,3,4,5). The minimum atomic E-state index is -0.286. The number of benzene rings is 1. The lowest BCUT2D eigenvalue weighted by atomic mass is 10.1. The summed E-state index contributed by atoms with van der Waals surface area (Å²) in [5.74, 6) is -0.286. The molecule has 0 fully saturated rings. The lowest BCUT2D eigenvalue weighted by Gasteiger charge is -1.93. The molecule has 1 aromatic carbocycles. The Morgan fingerprint density at radius 3 is 2.47 bits per heavy atom. The topological polar surface area (TPSA) is 84.7 Å². The summed E-state index contributed by atoms with van der Waals surface area (Å²) in [5.41, 5.74) is 5.95. The molecule has 0 saturated carbocycles. The first-order valence-electron chi connectivity index (χ1n) is 4.41. The third kappa shape index (κ3) is 5.20. The molecule has 5 nitrogen and oxygen atoms in total. The summed E-state index contributed by atoms with van der Waals surface area (Å²) in [7, 11) is 0. The molecular weight excluding hydrogens is 192 g/mol. The summed E-state index contributed by atoms with van der Waals surface area (Å²) < 4.78 is 0. The molecule has 0 aliphatic heterocycles. The van der Waals surface area contributed by atoms with E-state index in [0.29, 0.717) is 6.42 Å². The zero-order valence-electron chi connectivity index (χ0n) is 8.13. The largest absolute Gasteiger partial charge is 0.369 e. The van der Waals surface area contributed by atoms with Crippen LogP contribution < -0.4 is 5.73 Å². The first-order chi connectivity index (χ1) is 7.29. The molecule has 0 aliphatic rings. The number of aromatic nitrogens is 3. The van der Waals surface area contributed by atoms with E-state index in [1.165, 1.54) is 0 Å². The van der Waals surface area contributed by atoms with E-state index in [9.17, 15) is 4.79 Å². The van der Waals surface area contributed by atoms with E-state index in [2.05, 4.69) is 15.4 Å². The zero-order chi connectivity index (χ0) is 10.9. The first kappa shape index (κ1) is 10.9. The number of nitrogens with zero attached hydrogens (tertiary/aromatic N) is 2. The van der Waals surface area contributed by atoms with Crippen LogP contribution in [0.15, 0.2) is 42.7 Å². The van der Waals surface area contributed by atoms with Gasteiger partial charge in [-0.1, -0.05) is 35.5 Å². The molecule has 0 spiro atoms. The number of hydrogen-bond donors (Lipinski definition) is 2. The molecule has 1 heterocycles. The highest BCUT2D eigenvalue weighted by atomic mass is 16.1. The second kappa shape index (κ2) is 6.31. The highest BCUT2D eigenvalue weighted by Gasteiger charge is 1.94. The van der Waals surface area contributed by atoms with Gasteiger partial charge in [0.05, 0.1) is 12.6 Å². The number of nitrogens with one attached hydrogen (secondary N) is 1. The number of aromatic amines is 1. The van der Waals surface area contributed by atoms with Gasteiger partial charge in [0.2, 0.25) is 5.91 Å². The fourth-order valence-electron chi connectivity index (χ4n) is 0.964. The second-order valence-corrected chi connectivity index (χ2v) is 2.79. The molecule has 0 atom stereocenters. The van der Waals surface area contributed by atoms with Crippen molar-refractivity contribution < 1.29 is 4.79 Å². The lowest BCUT2D eigenvalue weighted by Crippen LogP contribution is -2.13. The maximum Gasteiger partial charge on any atom is 0.221 e. The van der Waals surface area contributed by atoms with E-state index in [0.717, 1.165) is 5.56 Å². The van der Waals surface area contributed by atoms with Gasteiger partial charge >= 0.3 is 0 Å². The maximum absolute atomic E-state index is 10.4. The summed E-state index contributed by atoms with van der Waals surface area (Å²) in [6, 6.07) is 9.44. The predicted octanol–water partition coefficient (Wildman–Crippen LogP) is 0.519. The smallest absolute Gasteiger partial charge is 0.221 e. The van der Waals surface area contributed by atoms with Gasteiger partial charge in [-0.3, -0.25) is 9.89 Å². The van der Waals surface area contributed by atoms with Gasteiger partial charge in [0.1, 0.15) is 0 Å². The highest BCUT2D eigenvalue weighted by Crippen LogP contribution is 1.97. The summed E-state index contributed by atoms with van der Waals surface area (Å²) in [6.45, 7) is 0. The summed E-state index contributed by atoms with van der Waals surface area (Å²) >= 11 is 0. The molecule has 0 unspecified atom stereocenters. The van der Waals surface area contributed by atoms with E-state index < -0.39 is 0 Å². The van der Waals surface area contributed by atoms with Gasteiger partial charge in [0.15, 0.2) is 0 Å². The zero-order valence-corrected chi connectivity index (χ0v) is 8.13. The van der Waals surface area contributed by atoms with Crippen LogP contribution in [0.25, 0.3) is 0 Å². The molecule has 2 rings (SSSR count). The Labute approximate surface area is 87.3 Å². The molecule has 0 saturated heterocycles. The van der Waals surface area contributed by atoms with Crippen LogP contribution in [0.3, 0.4) is 0 Å². The van der Waals surface area contributed by atoms with Crippen LogP contribution in [0.4, 0.5) is 0 Å². The molecule has 1 amide bonds. The van der Waals surface area contributed by atoms with Crippen LogP contribution >= 0.6 is 0 Å². The fraction of sp³-hybridized carbons (Fsp3) is 0.100. The average Bonchev–Trinajstić information content (AvgIpc) is 2.76. The van der Waals surface area contributed by atoms with E-state index in [1.54, 1.807) is 12.4 Å². The lowest BCUT2D eigenvalue weighted by molar-refractivity contribution is -0.117. The van der Waals surface area contributed by atoms with Crippen molar-refractivity contribution in [1.82, 2.24) is 15.4 Å². The highest BCUT2D eigenvalue weighted by molar-refractivity contribution is 5.76. The minimum Gasteiger partial charge on any atom is -0.369 e. The first-order valence-corrected chi connectivity index (χ1v) is 4.41. The van der Waals surface area contributed by atoms with Crippen LogP contribution in [0.5, 0.6) is 0 Å². The number of nitrogens with two attached hydrogens (primary N) is 1. The van der Waals surface area contributed by atoms with Crippen molar-refractivity contribution >= 4 is 5.91 Å². The van der Waals surface area contributed by atoms with Gasteiger partial charge in [-0.2, -0.15) is 0 Å². The number of rotatable bonds is 2. The van der Waals surface area contributed by atoms with Gasteiger partial charge in [-0.05, 0) is 5.56 Å². The van der Waals surface area contributed by atoms with Crippen molar-refractivity contribution in [1.29, 1.82) is 0 Å². The normalized spacial score (nSPS) is 8.80.